The van der Waals surface area contributed by atoms with Crippen LogP contribution in [-0.2, 0) is 4.79 Å². The monoisotopic (exact) mass is 358 g/mol. The molecule has 1 heterocycles. The highest BCUT2D eigenvalue weighted by Crippen LogP contribution is 2.31. The topological polar surface area (TPSA) is 49.9 Å². The highest BCUT2D eigenvalue weighted by molar-refractivity contribution is 6.34. The van der Waals surface area contributed by atoms with E-state index in [1.54, 1.807) is 53.3 Å². The lowest BCUT2D eigenvalue weighted by Crippen LogP contribution is -2.42. The molecule has 1 aliphatic heterocycles. The second-order valence-electron chi connectivity index (χ2n) is 5.79. The summed E-state index contributed by atoms with van der Waals surface area (Å²) in [6.45, 7) is 0.809. The molecule has 3 rings (SSSR count). The number of para-hydroxylation sites is 2. The number of nitrogens with zero attached hydrogens (tertiary/aromatic N) is 2. The van der Waals surface area contributed by atoms with Gasteiger partial charge in [-0.2, -0.15) is 0 Å². The fraction of sp³-hybridized carbons (Fsp3) is 0.263. The fourth-order valence-corrected chi connectivity index (χ4v) is 3.12. The molecule has 1 fully saturated rings. The third-order valence-corrected chi connectivity index (χ3v) is 4.54. The van der Waals surface area contributed by atoms with Gasteiger partial charge >= 0.3 is 0 Å². The van der Waals surface area contributed by atoms with Crippen molar-refractivity contribution in [3.63, 3.8) is 0 Å². The van der Waals surface area contributed by atoms with Crippen LogP contribution in [-0.4, -0.2) is 37.0 Å². The predicted octanol–water partition coefficient (Wildman–Crippen LogP) is 3.58. The smallest absolute Gasteiger partial charge is 0.261 e. The van der Waals surface area contributed by atoms with E-state index in [1.807, 2.05) is 12.1 Å². The van der Waals surface area contributed by atoms with Gasteiger partial charge in [0.25, 0.3) is 5.91 Å². The first kappa shape index (κ1) is 17.3. The van der Waals surface area contributed by atoms with Crippen LogP contribution in [0, 0.1) is 0 Å². The number of anilines is 1. The molecule has 0 radical (unpaired) electrons. The van der Waals surface area contributed by atoms with E-state index in [-0.39, 0.29) is 18.5 Å². The summed E-state index contributed by atoms with van der Waals surface area (Å²) in [5, 5.41) is 0.375. The predicted molar refractivity (Wildman–Crippen MR) is 97.1 cm³/mol. The van der Waals surface area contributed by atoms with Crippen molar-refractivity contribution in [2.75, 3.05) is 25.2 Å². The minimum Gasteiger partial charge on any atom is -0.495 e. The van der Waals surface area contributed by atoms with Crippen LogP contribution in [0.1, 0.15) is 23.2 Å². The van der Waals surface area contributed by atoms with Gasteiger partial charge in [0, 0.05) is 13.0 Å². The first-order chi connectivity index (χ1) is 12.1. The Kier molecular flexibility index (Phi) is 5.24. The summed E-state index contributed by atoms with van der Waals surface area (Å²) in [4.78, 5) is 28.5. The van der Waals surface area contributed by atoms with Gasteiger partial charge in [-0.1, -0.05) is 35.9 Å². The van der Waals surface area contributed by atoms with Gasteiger partial charge in [0.1, 0.15) is 12.4 Å². The Hall–Kier alpha value is -2.53. The molecule has 0 N–H and O–H groups in total. The minimum atomic E-state index is -0.269. The van der Waals surface area contributed by atoms with Crippen molar-refractivity contribution < 1.29 is 14.3 Å². The van der Waals surface area contributed by atoms with Crippen LogP contribution in [0.3, 0.4) is 0 Å². The van der Waals surface area contributed by atoms with E-state index in [1.165, 1.54) is 0 Å². The Morgan fingerprint density at radius 2 is 1.92 bits per heavy atom. The van der Waals surface area contributed by atoms with Crippen LogP contribution in [0.4, 0.5) is 5.69 Å². The number of rotatable bonds is 5. The number of hydrogen-bond donors (Lipinski definition) is 0. The van der Waals surface area contributed by atoms with Crippen LogP contribution < -0.4 is 9.64 Å². The molecule has 6 heteroatoms. The van der Waals surface area contributed by atoms with Crippen LogP contribution in [0.5, 0.6) is 5.75 Å². The molecule has 0 atom stereocenters. The molecule has 2 aromatic rings. The zero-order chi connectivity index (χ0) is 17.8. The highest BCUT2D eigenvalue weighted by atomic mass is 35.5. The maximum absolute atomic E-state index is 13.2. The van der Waals surface area contributed by atoms with E-state index in [4.69, 9.17) is 16.3 Å². The molecule has 5 nitrogen and oxygen atoms in total. The van der Waals surface area contributed by atoms with E-state index >= 15 is 0 Å². The molecule has 0 spiro atoms. The maximum atomic E-state index is 13.2. The van der Waals surface area contributed by atoms with Gasteiger partial charge in [0.15, 0.2) is 0 Å². The number of likely N-dealkylation sites (tertiary alicyclic amines) is 1. The molecule has 130 valence electrons. The molecule has 0 bridgehead atoms. The standard InChI is InChI=1S/C19H19ClN2O3/c1-25-17-10-5-4-9-16(17)22(13-21-12-6-11-18(21)23)19(24)14-7-2-3-8-15(14)20/h2-5,7-10H,6,11-13H2,1H3. The molecular formula is C19H19ClN2O3. The second kappa shape index (κ2) is 7.57. The van der Waals surface area contributed by atoms with Crippen LogP contribution in [0.2, 0.25) is 5.02 Å². The highest BCUT2D eigenvalue weighted by Gasteiger charge is 2.28. The number of amides is 2. The molecule has 1 aliphatic rings. The van der Waals surface area contributed by atoms with Gasteiger partial charge in [-0.3, -0.25) is 14.5 Å². The molecule has 0 aliphatic carbocycles. The number of benzene rings is 2. The summed E-state index contributed by atoms with van der Waals surface area (Å²) < 4.78 is 5.40. The van der Waals surface area contributed by atoms with Gasteiger partial charge < -0.3 is 9.64 Å². The molecule has 0 saturated carbocycles. The van der Waals surface area contributed by atoms with Crippen molar-refractivity contribution in [2.24, 2.45) is 0 Å². The zero-order valence-corrected chi connectivity index (χ0v) is 14.7. The van der Waals surface area contributed by atoms with Gasteiger partial charge in [0.2, 0.25) is 5.91 Å². The maximum Gasteiger partial charge on any atom is 0.261 e. The third kappa shape index (κ3) is 3.61. The van der Waals surface area contributed by atoms with Crippen molar-refractivity contribution in [3.05, 3.63) is 59.1 Å². The summed E-state index contributed by atoms with van der Waals surface area (Å²) in [6, 6.07) is 14.1. The fourth-order valence-electron chi connectivity index (χ4n) is 2.91. The first-order valence-electron chi connectivity index (χ1n) is 8.09. The van der Waals surface area contributed by atoms with Gasteiger partial charge in [-0.25, -0.2) is 0 Å². The van der Waals surface area contributed by atoms with Gasteiger partial charge in [-0.15, -0.1) is 0 Å². The van der Waals surface area contributed by atoms with Crippen LogP contribution in [0.25, 0.3) is 0 Å². The average Bonchev–Trinajstić information content (AvgIpc) is 3.04. The molecule has 2 amide bonds. The quantitative estimate of drug-likeness (QED) is 0.821. The molecule has 0 aromatic heterocycles. The lowest BCUT2D eigenvalue weighted by atomic mass is 10.1. The summed E-state index contributed by atoms with van der Waals surface area (Å²) in [6.07, 6.45) is 1.32. The number of ether oxygens (including phenoxy) is 1. The number of halogens is 1. The summed E-state index contributed by atoms with van der Waals surface area (Å²) in [5.74, 6) is 0.344. The molecule has 2 aromatic carbocycles. The van der Waals surface area contributed by atoms with Crippen LogP contribution >= 0.6 is 11.6 Å². The Bertz CT molecular complexity index is 794. The Labute approximate surface area is 151 Å². The number of carbonyl (C=O) groups excluding carboxylic acids is 2. The molecule has 0 unspecified atom stereocenters. The lowest BCUT2D eigenvalue weighted by Gasteiger charge is -2.29. The Balaban J connectivity index is 2.01. The average molecular weight is 359 g/mol. The summed E-state index contributed by atoms with van der Waals surface area (Å²) in [5.41, 5.74) is 0.997. The van der Waals surface area contributed by atoms with Crippen molar-refractivity contribution in [1.29, 1.82) is 0 Å². The van der Waals surface area contributed by atoms with E-state index in [0.29, 0.717) is 35.0 Å². The lowest BCUT2D eigenvalue weighted by molar-refractivity contribution is -0.127. The SMILES string of the molecule is COc1ccccc1N(CN1CCCC1=O)C(=O)c1ccccc1Cl. The largest absolute Gasteiger partial charge is 0.495 e. The van der Waals surface area contributed by atoms with Crippen molar-refractivity contribution in [2.45, 2.75) is 12.8 Å². The number of carbonyl (C=O) groups is 2. The first-order valence-corrected chi connectivity index (χ1v) is 8.47. The minimum absolute atomic E-state index is 0.0480. The van der Waals surface area contributed by atoms with Gasteiger partial charge in [0.05, 0.1) is 23.4 Å². The summed E-state index contributed by atoms with van der Waals surface area (Å²) in [7, 11) is 1.55. The Morgan fingerprint density at radius 1 is 1.20 bits per heavy atom. The van der Waals surface area contributed by atoms with E-state index in [0.717, 1.165) is 6.42 Å². The van der Waals surface area contributed by atoms with E-state index in [9.17, 15) is 9.59 Å². The second-order valence-corrected chi connectivity index (χ2v) is 6.19. The van der Waals surface area contributed by atoms with Crippen molar-refractivity contribution >= 4 is 29.1 Å². The van der Waals surface area contributed by atoms with E-state index < -0.39 is 0 Å². The normalized spacial score (nSPS) is 13.8. The summed E-state index contributed by atoms with van der Waals surface area (Å²) >= 11 is 6.21. The Morgan fingerprint density at radius 3 is 2.60 bits per heavy atom. The molecular weight excluding hydrogens is 340 g/mol. The van der Waals surface area contributed by atoms with Crippen molar-refractivity contribution in [1.82, 2.24) is 4.90 Å². The van der Waals surface area contributed by atoms with Gasteiger partial charge in [-0.05, 0) is 30.7 Å². The molecule has 1 saturated heterocycles. The zero-order valence-electron chi connectivity index (χ0n) is 13.9. The number of methoxy groups -OCH3 is 1. The molecule has 25 heavy (non-hydrogen) atoms. The third-order valence-electron chi connectivity index (χ3n) is 4.21. The number of hydrogen-bond acceptors (Lipinski definition) is 3. The van der Waals surface area contributed by atoms with Crippen molar-refractivity contribution in [3.8, 4) is 5.75 Å². The van der Waals surface area contributed by atoms with Crippen LogP contribution in [0.15, 0.2) is 48.5 Å². The van der Waals surface area contributed by atoms with E-state index in [2.05, 4.69) is 0 Å².